The van der Waals surface area contributed by atoms with Crippen molar-refractivity contribution in [2.45, 2.75) is 51.0 Å². The Labute approximate surface area is 89.7 Å². The predicted molar refractivity (Wildman–Crippen MR) is 56.5 cm³/mol. The molecule has 3 rings (SSSR count). The van der Waals surface area contributed by atoms with Crippen LogP contribution in [-0.4, -0.2) is 9.55 Å². The SMILES string of the molecule is N#Cc1c(C2CCC2)nc2n1CCCC2. The number of nitrogens with zero attached hydrogens (tertiary/aromatic N) is 3. The van der Waals surface area contributed by atoms with E-state index < -0.39 is 0 Å². The molecule has 0 atom stereocenters. The van der Waals surface area contributed by atoms with Crippen LogP contribution in [0.25, 0.3) is 0 Å². The molecular weight excluding hydrogens is 186 g/mol. The molecule has 1 aliphatic heterocycles. The molecule has 2 aliphatic rings. The van der Waals surface area contributed by atoms with E-state index in [0.29, 0.717) is 5.92 Å². The molecule has 1 fully saturated rings. The van der Waals surface area contributed by atoms with Crippen LogP contribution in [0.4, 0.5) is 0 Å². The van der Waals surface area contributed by atoms with Crippen LogP contribution in [-0.2, 0) is 13.0 Å². The van der Waals surface area contributed by atoms with Crippen molar-refractivity contribution in [3.63, 3.8) is 0 Å². The normalized spacial score (nSPS) is 20.5. The van der Waals surface area contributed by atoms with Gasteiger partial charge in [0, 0.05) is 18.9 Å². The van der Waals surface area contributed by atoms with Gasteiger partial charge in [-0.05, 0) is 25.7 Å². The highest BCUT2D eigenvalue weighted by molar-refractivity contribution is 5.33. The van der Waals surface area contributed by atoms with Gasteiger partial charge in [0.15, 0.2) is 0 Å². The van der Waals surface area contributed by atoms with Gasteiger partial charge in [-0.1, -0.05) is 6.42 Å². The van der Waals surface area contributed by atoms with Gasteiger partial charge in [0.25, 0.3) is 0 Å². The third-order valence-corrected chi connectivity index (χ3v) is 3.70. The Hall–Kier alpha value is -1.30. The summed E-state index contributed by atoms with van der Waals surface area (Å²) in [7, 11) is 0. The first kappa shape index (κ1) is 8.96. The molecule has 0 unspecified atom stereocenters. The van der Waals surface area contributed by atoms with Gasteiger partial charge in [0.2, 0.25) is 0 Å². The molecule has 3 heteroatoms. The minimum atomic E-state index is 0.581. The van der Waals surface area contributed by atoms with E-state index in [-0.39, 0.29) is 0 Å². The Morgan fingerprint density at radius 2 is 2.13 bits per heavy atom. The molecule has 0 radical (unpaired) electrons. The molecule has 1 aromatic heterocycles. The summed E-state index contributed by atoms with van der Waals surface area (Å²) in [5.74, 6) is 1.73. The number of aromatic nitrogens is 2. The highest BCUT2D eigenvalue weighted by Crippen LogP contribution is 2.38. The average Bonchev–Trinajstić information content (AvgIpc) is 2.53. The third-order valence-electron chi connectivity index (χ3n) is 3.70. The quantitative estimate of drug-likeness (QED) is 0.700. The Morgan fingerprint density at radius 3 is 2.80 bits per heavy atom. The lowest BCUT2D eigenvalue weighted by Crippen LogP contribution is -2.13. The lowest BCUT2D eigenvalue weighted by atomic mass is 9.82. The fourth-order valence-electron chi connectivity index (χ4n) is 2.59. The molecule has 1 aliphatic carbocycles. The van der Waals surface area contributed by atoms with E-state index >= 15 is 0 Å². The standard InChI is InChI=1S/C12H15N3/c13-8-10-12(9-4-3-5-9)14-11-6-1-2-7-15(10)11/h9H,1-7H2. The van der Waals surface area contributed by atoms with Gasteiger partial charge in [0.05, 0.1) is 5.69 Å². The minimum Gasteiger partial charge on any atom is -0.320 e. The van der Waals surface area contributed by atoms with Gasteiger partial charge in [0.1, 0.15) is 17.6 Å². The van der Waals surface area contributed by atoms with Crippen LogP contribution in [0.1, 0.15) is 55.2 Å². The molecule has 0 aromatic carbocycles. The first-order valence-electron chi connectivity index (χ1n) is 5.89. The van der Waals surface area contributed by atoms with Gasteiger partial charge in [-0.15, -0.1) is 0 Å². The van der Waals surface area contributed by atoms with Crippen molar-refractivity contribution >= 4 is 0 Å². The molecule has 0 amide bonds. The first-order chi connectivity index (χ1) is 7.40. The smallest absolute Gasteiger partial charge is 0.143 e. The maximum atomic E-state index is 9.22. The predicted octanol–water partition coefficient (Wildman–Crippen LogP) is 2.36. The minimum absolute atomic E-state index is 0.581. The average molecular weight is 201 g/mol. The van der Waals surface area contributed by atoms with Crippen LogP contribution in [0.15, 0.2) is 0 Å². The molecule has 2 heterocycles. The lowest BCUT2D eigenvalue weighted by molar-refractivity contribution is 0.411. The van der Waals surface area contributed by atoms with E-state index in [0.717, 1.165) is 30.2 Å². The monoisotopic (exact) mass is 201 g/mol. The second kappa shape index (κ2) is 3.37. The molecule has 1 saturated carbocycles. The summed E-state index contributed by atoms with van der Waals surface area (Å²) in [5, 5.41) is 9.22. The molecule has 15 heavy (non-hydrogen) atoms. The lowest BCUT2D eigenvalue weighted by Gasteiger charge is -2.23. The molecular formula is C12H15N3. The van der Waals surface area contributed by atoms with Gasteiger partial charge in [-0.2, -0.15) is 5.26 Å². The fraction of sp³-hybridized carbons (Fsp3) is 0.667. The number of aryl methyl sites for hydroxylation is 1. The van der Waals surface area contributed by atoms with Crippen LogP contribution in [0.2, 0.25) is 0 Å². The Bertz CT molecular complexity index is 421. The van der Waals surface area contributed by atoms with E-state index in [9.17, 15) is 5.26 Å². The zero-order chi connectivity index (χ0) is 10.3. The number of fused-ring (bicyclic) bond motifs is 1. The zero-order valence-electron chi connectivity index (χ0n) is 8.87. The highest BCUT2D eigenvalue weighted by Gasteiger charge is 2.28. The van der Waals surface area contributed by atoms with Gasteiger partial charge < -0.3 is 4.57 Å². The summed E-state index contributed by atoms with van der Waals surface area (Å²) < 4.78 is 2.15. The summed E-state index contributed by atoms with van der Waals surface area (Å²) >= 11 is 0. The van der Waals surface area contributed by atoms with Gasteiger partial charge in [-0.25, -0.2) is 4.98 Å². The first-order valence-corrected chi connectivity index (χ1v) is 5.89. The van der Waals surface area contributed by atoms with Gasteiger partial charge in [-0.3, -0.25) is 0 Å². The summed E-state index contributed by atoms with van der Waals surface area (Å²) in [6.45, 7) is 0.998. The van der Waals surface area contributed by atoms with E-state index in [4.69, 9.17) is 0 Å². The maximum absolute atomic E-state index is 9.22. The summed E-state index contributed by atoms with van der Waals surface area (Å²) in [5.41, 5.74) is 1.95. The maximum Gasteiger partial charge on any atom is 0.143 e. The summed E-state index contributed by atoms with van der Waals surface area (Å²) in [4.78, 5) is 4.68. The fourth-order valence-corrected chi connectivity index (χ4v) is 2.59. The molecule has 0 bridgehead atoms. The molecule has 1 aromatic rings. The van der Waals surface area contributed by atoms with Crippen LogP contribution in [0.3, 0.4) is 0 Å². The van der Waals surface area contributed by atoms with Crippen molar-refractivity contribution in [1.82, 2.24) is 9.55 Å². The van der Waals surface area contributed by atoms with E-state index in [1.165, 1.54) is 32.1 Å². The zero-order valence-corrected chi connectivity index (χ0v) is 8.87. The summed E-state index contributed by atoms with van der Waals surface area (Å²) in [6, 6.07) is 2.35. The number of hydrogen-bond acceptors (Lipinski definition) is 2. The Balaban J connectivity index is 2.06. The van der Waals surface area contributed by atoms with Crippen molar-refractivity contribution in [2.75, 3.05) is 0 Å². The number of imidazole rings is 1. The Kier molecular flexibility index (Phi) is 2.02. The Morgan fingerprint density at radius 1 is 1.27 bits per heavy atom. The molecule has 78 valence electrons. The molecule has 3 nitrogen and oxygen atoms in total. The molecule has 0 N–H and O–H groups in total. The van der Waals surface area contributed by atoms with Crippen LogP contribution in [0, 0.1) is 11.3 Å². The van der Waals surface area contributed by atoms with Crippen molar-refractivity contribution in [1.29, 1.82) is 5.26 Å². The largest absolute Gasteiger partial charge is 0.320 e. The second-order valence-corrected chi connectivity index (χ2v) is 4.61. The summed E-state index contributed by atoms with van der Waals surface area (Å²) in [6.07, 6.45) is 7.24. The molecule has 0 saturated heterocycles. The second-order valence-electron chi connectivity index (χ2n) is 4.61. The van der Waals surface area contributed by atoms with Crippen LogP contribution in [0.5, 0.6) is 0 Å². The van der Waals surface area contributed by atoms with Crippen LogP contribution < -0.4 is 0 Å². The number of hydrogen-bond donors (Lipinski definition) is 0. The van der Waals surface area contributed by atoms with Crippen LogP contribution >= 0.6 is 0 Å². The van der Waals surface area contributed by atoms with Crippen molar-refractivity contribution in [3.05, 3.63) is 17.2 Å². The van der Waals surface area contributed by atoms with E-state index in [1.54, 1.807) is 0 Å². The van der Waals surface area contributed by atoms with Crippen molar-refractivity contribution in [2.24, 2.45) is 0 Å². The van der Waals surface area contributed by atoms with Gasteiger partial charge >= 0.3 is 0 Å². The molecule has 0 spiro atoms. The highest BCUT2D eigenvalue weighted by atomic mass is 15.1. The van der Waals surface area contributed by atoms with E-state index in [2.05, 4.69) is 15.6 Å². The van der Waals surface area contributed by atoms with Crippen molar-refractivity contribution in [3.8, 4) is 6.07 Å². The van der Waals surface area contributed by atoms with Crippen molar-refractivity contribution < 1.29 is 0 Å². The number of rotatable bonds is 1. The topological polar surface area (TPSA) is 41.6 Å². The van der Waals surface area contributed by atoms with E-state index in [1.807, 2.05) is 0 Å². The number of nitriles is 1. The third kappa shape index (κ3) is 1.28.